The zero-order chi connectivity index (χ0) is 39.2. The molecule has 14 heteroatoms. The van der Waals surface area contributed by atoms with Gasteiger partial charge in [0.25, 0.3) is 0 Å². The topological polar surface area (TPSA) is 206 Å². The summed E-state index contributed by atoms with van der Waals surface area (Å²) in [5.41, 5.74) is 5.31. The Bertz CT molecular complexity index is 1470. The van der Waals surface area contributed by atoms with Crippen LogP contribution in [0.1, 0.15) is 60.8 Å². The molecule has 0 bridgehead atoms. The molecule has 1 saturated heterocycles. The lowest BCUT2D eigenvalue weighted by atomic mass is 10.0. The first-order chi connectivity index (χ1) is 24.6. The zero-order valence-electron chi connectivity index (χ0n) is 31.0. The Morgan fingerprint density at radius 2 is 1.17 bits per heavy atom. The first-order valence-corrected chi connectivity index (χ1v) is 17.2. The van der Waals surface area contributed by atoms with Gasteiger partial charge in [-0.25, -0.2) is 4.79 Å². The van der Waals surface area contributed by atoms with Crippen molar-refractivity contribution in [3.8, 4) is 0 Å². The van der Waals surface area contributed by atoms with Gasteiger partial charge in [0.15, 0.2) is 0 Å². The summed E-state index contributed by atoms with van der Waals surface area (Å²) in [6.45, 7) is 9.81. The molecule has 1 fully saturated rings. The minimum absolute atomic E-state index is 0.0650. The quantitative estimate of drug-likeness (QED) is 0.108. The highest BCUT2D eigenvalue weighted by molar-refractivity contribution is 5.97. The number of rotatable bonds is 13. The lowest BCUT2D eigenvalue weighted by Crippen LogP contribution is -2.60. The molecule has 0 saturated carbocycles. The maximum atomic E-state index is 13.9. The van der Waals surface area contributed by atoms with Crippen LogP contribution in [-0.2, 0) is 38.3 Å². The van der Waals surface area contributed by atoms with Gasteiger partial charge in [0.2, 0.25) is 35.4 Å². The molecule has 284 valence electrons. The first kappa shape index (κ1) is 44.5. The van der Waals surface area contributed by atoms with Crippen molar-refractivity contribution in [3.05, 3.63) is 85.1 Å². The molecule has 6 atom stereocenters. The zero-order valence-corrected chi connectivity index (χ0v) is 31.0. The van der Waals surface area contributed by atoms with Crippen LogP contribution in [0.2, 0.25) is 0 Å². The number of amides is 6. The van der Waals surface area contributed by atoms with Crippen LogP contribution in [-0.4, -0.2) is 89.7 Å². The molecule has 1 rings (SSSR count). The van der Waals surface area contributed by atoms with Crippen molar-refractivity contribution in [2.75, 3.05) is 7.05 Å². The van der Waals surface area contributed by atoms with Gasteiger partial charge in [-0.15, -0.1) is 0 Å². The number of hydrogen-bond acceptors (Lipinski definition) is 8. The Morgan fingerprint density at radius 1 is 0.712 bits per heavy atom. The van der Waals surface area contributed by atoms with Crippen LogP contribution in [0.4, 0.5) is 0 Å². The van der Waals surface area contributed by atoms with E-state index in [1.807, 2.05) is 69.4 Å². The SMILES string of the molecule is C/C=C/C=C/C=C/C=C/C=C/C=C/C=C/C(=O)N(C)C1C(=O)NC(CCC(N)=O)C(=O)N[C@@H](C)C(=O)N[C@@H](C)C(=O)NC(CC(C)C)C(=O)O[C@@H]1C. The Balaban J connectivity index is 3.40. The summed E-state index contributed by atoms with van der Waals surface area (Å²) < 4.78 is 5.69. The highest BCUT2D eigenvalue weighted by Gasteiger charge is 2.38. The van der Waals surface area contributed by atoms with E-state index in [0.717, 1.165) is 4.90 Å². The number of likely N-dealkylation sites (N-methyl/N-ethyl adjacent to an activating group) is 1. The minimum atomic E-state index is -1.47. The number of esters is 1. The lowest BCUT2D eigenvalue weighted by molar-refractivity contribution is -0.160. The van der Waals surface area contributed by atoms with Crippen LogP contribution in [0, 0.1) is 5.92 Å². The normalized spacial score (nSPS) is 24.7. The third-order valence-corrected chi connectivity index (χ3v) is 7.56. The number of primary amides is 1. The van der Waals surface area contributed by atoms with Crippen molar-refractivity contribution in [2.45, 2.75) is 97.1 Å². The number of allylic oxidation sites excluding steroid dienone is 13. The molecule has 1 heterocycles. The molecule has 3 unspecified atom stereocenters. The fourth-order valence-corrected chi connectivity index (χ4v) is 4.76. The first-order valence-electron chi connectivity index (χ1n) is 17.2. The number of nitrogens with one attached hydrogen (secondary N) is 4. The number of nitrogens with two attached hydrogens (primary N) is 1. The summed E-state index contributed by atoms with van der Waals surface area (Å²) in [5, 5.41) is 10.1. The van der Waals surface area contributed by atoms with Gasteiger partial charge in [-0.1, -0.05) is 92.8 Å². The third-order valence-electron chi connectivity index (χ3n) is 7.56. The molecule has 0 aliphatic carbocycles. The van der Waals surface area contributed by atoms with Gasteiger partial charge >= 0.3 is 5.97 Å². The van der Waals surface area contributed by atoms with E-state index in [9.17, 15) is 33.6 Å². The molecule has 52 heavy (non-hydrogen) atoms. The summed E-state index contributed by atoms with van der Waals surface area (Å²) in [6, 6.07) is -6.22. The maximum absolute atomic E-state index is 13.9. The summed E-state index contributed by atoms with van der Waals surface area (Å²) in [7, 11) is 1.33. The fraction of sp³-hybridized carbons (Fsp3) is 0.447. The van der Waals surface area contributed by atoms with E-state index in [-0.39, 0.29) is 25.2 Å². The van der Waals surface area contributed by atoms with E-state index in [2.05, 4.69) is 21.3 Å². The molecule has 1 aliphatic rings. The third kappa shape index (κ3) is 16.9. The van der Waals surface area contributed by atoms with Gasteiger partial charge in [0, 0.05) is 19.5 Å². The predicted molar refractivity (Wildman–Crippen MR) is 199 cm³/mol. The number of carbonyl (C=O) groups is 7. The van der Waals surface area contributed by atoms with E-state index in [1.54, 1.807) is 24.3 Å². The van der Waals surface area contributed by atoms with E-state index in [0.29, 0.717) is 0 Å². The average Bonchev–Trinajstić information content (AvgIpc) is 3.07. The van der Waals surface area contributed by atoms with Crippen molar-refractivity contribution in [2.24, 2.45) is 11.7 Å². The van der Waals surface area contributed by atoms with Crippen LogP contribution >= 0.6 is 0 Å². The Hall–Kier alpha value is -5.53. The second-order valence-electron chi connectivity index (χ2n) is 12.6. The molecule has 6 amide bonds. The largest absolute Gasteiger partial charge is 0.458 e. The summed E-state index contributed by atoms with van der Waals surface area (Å²) in [5.74, 6) is -5.39. The molecule has 0 aromatic heterocycles. The van der Waals surface area contributed by atoms with Gasteiger partial charge in [0.1, 0.15) is 36.3 Å². The van der Waals surface area contributed by atoms with Crippen LogP contribution < -0.4 is 27.0 Å². The Labute approximate surface area is 306 Å². The number of carbonyl (C=O) groups excluding carboxylic acids is 7. The van der Waals surface area contributed by atoms with E-state index >= 15 is 0 Å². The fourth-order valence-electron chi connectivity index (χ4n) is 4.76. The summed E-state index contributed by atoms with van der Waals surface area (Å²) >= 11 is 0. The lowest BCUT2D eigenvalue weighted by Gasteiger charge is -2.33. The smallest absolute Gasteiger partial charge is 0.328 e. The summed E-state index contributed by atoms with van der Waals surface area (Å²) in [4.78, 5) is 92.4. The number of ether oxygens (including phenoxy) is 1. The molecular weight excluding hydrogens is 668 g/mol. The molecular formula is C38H54N6O8. The van der Waals surface area contributed by atoms with E-state index in [4.69, 9.17) is 10.5 Å². The van der Waals surface area contributed by atoms with Crippen molar-refractivity contribution in [3.63, 3.8) is 0 Å². The second-order valence-corrected chi connectivity index (χ2v) is 12.6. The summed E-state index contributed by atoms with van der Waals surface area (Å²) in [6.07, 6.45) is 23.0. The molecule has 6 N–H and O–H groups in total. The molecule has 0 aromatic carbocycles. The van der Waals surface area contributed by atoms with Gasteiger partial charge in [-0.05, 0) is 46.5 Å². The van der Waals surface area contributed by atoms with Crippen LogP contribution in [0.5, 0.6) is 0 Å². The number of cyclic esters (lactones) is 1. The second kappa shape index (κ2) is 23.8. The van der Waals surface area contributed by atoms with Crippen molar-refractivity contribution >= 4 is 41.4 Å². The van der Waals surface area contributed by atoms with Crippen molar-refractivity contribution < 1.29 is 38.3 Å². The molecule has 0 aromatic rings. The molecule has 1 aliphatic heterocycles. The minimum Gasteiger partial charge on any atom is -0.458 e. The van der Waals surface area contributed by atoms with Gasteiger partial charge in [0.05, 0.1) is 0 Å². The highest BCUT2D eigenvalue weighted by atomic mass is 16.5. The molecule has 14 nitrogen and oxygen atoms in total. The number of nitrogens with zero attached hydrogens (tertiary/aromatic N) is 1. The molecule has 0 spiro atoms. The predicted octanol–water partition coefficient (Wildman–Crippen LogP) is 1.96. The maximum Gasteiger partial charge on any atom is 0.328 e. The van der Waals surface area contributed by atoms with Crippen LogP contribution in [0.15, 0.2) is 85.1 Å². The van der Waals surface area contributed by atoms with E-state index in [1.165, 1.54) is 40.0 Å². The molecule has 0 radical (unpaired) electrons. The number of hydrogen-bond donors (Lipinski definition) is 5. The monoisotopic (exact) mass is 722 g/mol. The van der Waals surface area contributed by atoms with Gasteiger partial charge in [-0.3, -0.25) is 28.8 Å². The van der Waals surface area contributed by atoms with Crippen molar-refractivity contribution in [1.29, 1.82) is 0 Å². The Morgan fingerprint density at radius 3 is 1.67 bits per heavy atom. The average molecular weight is 723 g/mol. The highest BCUT2D eigenvalue weighted by Crippen LogP contribution is 2.14. The standard InChI is InChI=1S/C38H54N6O8/c1-8-9-10-11-12-13-14-15-16-17-18-19-20-21-32(46)44(7)33-28(6)52-38(51)30(24-25(2)3)43-35(48)27(5)40-34(47)26(4)41-36(49)29(42-37(33)50)22-23-31(39)45/h8-21,25-30,33H,22-24H2,1-7H3,(H2,39,45)(H,40,47)(H,41,49)(H,42,50)(H,43,48)/b9-8+,11-10+,13-12+,15-14+,17-16+,19-18+,21-20+/t26-,27-,28+,29?,30?,33?/m0/s1. The van der Waals surface area contributed by atoms with Crippen molar-refractivity contribution in [1.82, 2.24) is 26.2 Å². The van der Waals surface area contributed by atoms with Crippen LogP contribution in [0.3, 0.4) is 0 Å². The van der Waals surface area contributed by atoms with Gasteiger partial charge in [-0.2, -0.15) is 0 Å². The Kier molecular flexibility index (Phi) is 20.4. The van der Waals surface area contributed by atoms with Crippen LogP contribution in [0.25, 0.3) is 0 Å². The van der Waals surface area contributed by atoms with Gasteiger partial charge < -0.3 is 36.6 Å². The van der Waals surface area contributed by atoms with E-state index < -0.39 is 77.7 Å².